The molecule has 0 radical (unpaired) electrons. The summed E-state index contributed by atoms with van der Waals surface area (Å²) in [6, 6.07) is 0. The Morgan fingerprint density at radius 3 is 2.04 bits per heavy atom. The summed E-state index contributed by atoms with van der Waals surface area (Å²) < 4.78 is 34.2. The number of hydrogen-bond donors (Lipinski definition) is 3. The van der Waals surface area contributed by atoms with Crippen molar-refractivity contribution in [3.8, 4) is 0 Å². The van der Waals surface area contributed by atoms with Crippen molar-refractivity contribution >= 4 is 25.5 Å². The number of aliphatic hydroxyl groups is 2. The molecule has 13 heteroatoms. The fourth-order valence-corrected chi connectivity index (χ4v) is 7.53. The summed E-state index contributed by atoms with van der Waals surface area (Å²) in [4.78, 5) is 48.1. The Kier molecular flexibility index (Phi) is 29.7. The number of aliphatic hydroxyl groups excluding tert-OH is 2. The molecule has 0 aromatic carbocycles. The number of carbonyl (C=O) groups is 3. The van der Waals surface area contributed by atoms with E-state index in [9.17, 15) is 34.1 Å². The van der Waals surface area contributed by atoms with Crippen molar-refractivity contribution in [3.05, 3.63) is 24.3 Å². The first-order chi connectivity index (χ1) is 27.2. The topological polar surface area (TPSA) is 166 Å². The van der Waals surface area contributed by atoms with Crippen LogP contribution in [0.25, 0.3) is 0 Å². The number of carbonyl (C=O) groups excluding carboxylic acids is 3. The highest BCUT2D eigenvalue weighted by atomic mass is 31.2. The van der Waals surface area contributed by atoms with E-state index in [1.54, 1.807) is 6.08 Å². The Labute approximate surface area is 345 Å². The number of ether oxygens (including phenoxy) is 2. The van der Waals surface area contributed by atoms with Crippen LogP contribution in [0.4, 0.5) is 0 Å². The van der Waals surface area contributed by atoms with E-state index < -0.39 is 44.7 Å². The van der Waals surface area contributed by atoms with Crippen molar-refractivity contribution in [3.63, 3.8) is 0 Å². The number of unbranched alkanes of at least 4 members (excludes halogenated alkanes) is 14. The van der Waals surface area contributed by atoms with E-state index in [-0.39, 0.29) is 50.1 Å². The number of allylic oxidation sites excluding steroid dienone is 2. The van der Waals surface area contributed by atoms with Crippen LogP contribution in [0.2, 0.25) is 0 Å². The third kappa shape index (κ3) is 29.0. The van der Waals surface area contributed by atoms with Crippen LogP contribution in [0.5, 0.6) is 0 Å². The zero-order chi connectivity index (χ0) is 42.4. The van der Waals surface area contributed by atoms with Crippen LogP contribution >= 0.6 is 7.82 Å². The first-order valence-electron chi connectivity index (χ1n) is 22.2. The van der Waals surface area contributed by atoms with Crippen LogP contribution in [0.1, 0.15) is 162 Å². The summed E-state index contributed by atoms with van der Waals surface area (Å²) in [6.07, 6.45) is 25.5. The number of esters is 2. The van der Waals surface area contributed by atoms with Gasteiger partial charge in [0.2, 0.25) is 0 Å². The molecule has 0 bridgehead atoms. The third-order valence-electron chi connectivity index (χ3n) is 10.3. The van der Waals surface area contributed by atoms with Crippen molar-refractivity contribution in [2.45, 2.75) is 180 Å². The predicted molar refractivity (Wildman–Crippen MR) is 225 cm³/mol. The van der Waals surface area contributed by atoms with Crippen molar-refractivity contribution in [1.82, 2.24) is 0 Å². The van der Waals surface area contributed by atoms with E-state index in [1.807, 2.05) is 27.2 Å². The highest BCUT2D eigenvalue weighted by Crippen LogP contribution is 2.43. The van der Waals surface area contributed by atoms with Crippen molar-refractivity contribution in [2.24, 2.45) is 11.8 Å². The van der Waals surface area contributed by atoms with Gasteiger partial charge in [-0.05, 0) is 51.4 Å². The molecule has 0 aromatic rings. The number of likely N-dealkylation sites (N-methyl/N-ethyl adjacent to an activating group) is 1. The van der Waals surface area contributed by atoms with Gasteiger partial charge in [0.25, 0.3) is 0 Å². The van der Waals surface area contributed by atoms with Crippen LogP contribution in [-0.2, 0) is 37.5 Å². The molecule has 0 aliphatic heterocycles. The predicted octanol–water partition coefficient (Wildman–Crippen LogP) is 8.94. The van der Waals surface area contributed by atoms with Gasteiger partial charge in [-0.3, -0.25) is 23.4 Å². The highest BCUT2D eigenvalue weighted by molar-refractivity contribution is 7.47. The molecule has 0 heterocycles. The number of phosphoric ester groups is 1. The number of quaternary nitrogens is 1. The largest absolute Gasteiger partial charge is 0.472 e. The van der Waals surface area contributed by atoms with E-state index in [0.717, 1.165) is 70.6 Å². The standard InChI is InChI=1S/C44H80NO11P/c1-6-8-10-11-12-13-14-15-16-17-18-19-24-28-43(49)53-35-38(36-55-57(51,52)54-33-32-45(3,4)5)56-44(50)29-25-21-20-23-27-39-40(42(48)34-41(39)47)31-30-37(46)26-22-9-7-2/h13-14,30-31,37-40,42,46,48H,6-12,15-29,32-36H2,1-5H3/p+1/b14-13-,31-30+/t37-,38+,39+,40+,42+/m0/s1. The summed E-state index contributed by atoms with van der Waals surface area (Å²) >= 11 is 0. The van der Waals surface area contributed by atoms with Gasteiger partial charge in [-0.2, -0.15) is 0 Å². The molecule has 12 nitrogen and oxygen atoms in total. The number of Topliss-reactive ketones (excluding diaryl/α,β-unsaturated/α-hetero) is 1. The molecule has 0 spiro atoms. The molecule has 6 atom stereocenters. The molecular weight excluding hydrogens is 749 g/mol. The van der Waals surface area contributed by atoms with Crippen LogP contribution in [0.15, 0.2) is 24.3 Å². The molecule has 332 valence electrons. The first kappa shape index (κ1) is 53.1. The molecule has 1 aliphatic carbocycles. The van der Waals surface area contributed by atoms with Gasteiger partial charge in [-0.1, -0.05) is 115 Å². The molecule has 1 aliphatic rings. The van der Waals surface area contributed by atoms with E-state index in [2.05, 4.69) is 26.0 Å². The average Bonchev–Trinajstić information content (AvgIpc) is 3.41. The molecular formula is C44H81NO11P+. The van der Waals surface area contributed by atoms with Gasteiger partial charge in [0.1, 0.15) is 25.5 Å². The summed E-state index contributed by atoms with van der Waals surface area (Å²) in [6.45, 7) is 4.01. The second-order valence-corrected chi connectivity index (χ2v) is 18.3. The molecule has 0 aromatic heterocycles. The maximum absolute atomic E-state index is 12.8. The number of phosphoric acid groups is 1. The fourth-order valence-electron chi connectivity index (χ4n) is 6.79. The number of ketones is 1. The van der Waals surface area contributed by atoms with E-state index in [4.69, 9.17) is 18.5 Å². The minimum absolute atomic E-state index is 0.0123. The average molecular weight is 831 g/mol. The van der Waals surface area contributed by atoms with Gasteiger partial charge >= 0.3 is 19.8 Å². The molecule has 1 unspecified atom stereocenters. The second kappa shape index (κ2) is 31.9. The van der Waals surface area contributed by atoms with E-state index in [0.29, 0.717) is 43.1 Å². The second-order valence-electron chi connectivity index (χ2n) is 16.9. The lowest BCUT2D eigenvalue weighted by Gasteiger charge is -2.24. The zero-order valence-electron chi connectivity index (χ0n) is 36.3. The summed E-state index contributed by atoms with van der Waals surface area (Å²) in [7, 11) is 1.33. The highest BCUT2D eigenvalue weighted by Gasteiger charge is 2.39. The third-order valence-corrected chi connectivity index (χ3v) is 11.3. The molecule has 1 saturated carbocycles. The minimum Gasteiger partial charge on any atom is -0.462 e. The Bertz CT molecular complexity index is 1190. The summed E-state index contributed by atoms with van der Waals surface area (Å²) in [5.74, 6) is -1.51. The maximum atomic E-state index is 12.8. The lowest BCUT2D eigenvalue weighted by atomic mass is 9.88. The van der Waals surface area contributed by atoms with Gasteiger partial charge < -0.3 is 29.1 Å². The molecule has 1 rings (SSSR count). The minimum atomic E-state index is -4.44. The SMILES string of the molecule is CCCCCC/C=C\CCCCCCCC(=O)OC[C@H](COP(=O)(O)OCC[N+](C)(C)C)OC(=O)CCCCCC[C@H]1C(=O)C[C@@H](O)[C@@H]1/C=C/[C@@H](O)CCCCC. The van der Waals surface area contributed by atoms with E-state index >= 15 is 0 Å². The Hall–Kier alpha value is -1.92. The van der Waals surface area contributed by atoms with Crippen molar-refractivity contribution < 1.29 is 57.1 Å². The quantitative estimate of drug-likeness (QED) is 0.0181. The van der Waals surface area contributed by atoms with Gasteiger partial charge in [-0.15, -0.1) is 0 Å². The Balaban J connectivity index is 2.50. The van der Waals surface area contributed by atoms with Gasteiger partial charge in [-0.25, -0.2) is 4.57 Å². The fraction of sp³-hybridized carbons (Fsp3) is 0.841. The summed E-state index contributed by atoms with van der Waals surface area (Å²) in [5, 5.41) is 20.8. The summed E-state index contributed by atoms with van der Waals surface area (Å²) in [5.41, 5.74) is 0. The number of nitrogens with zero attached hydrogens (tertiary/aromatic N) is 1. The molecule has 3 N–H and O–H groups in total. The van der Waals surface area contributed by atoms with Crippen LogP contribution in [0, 0.1) is 11.8 Å². The van der Waals surface area contributed by atoms with Crippen molar-refractivity contribution in [1.29, 1.82) is 0 Å². The van der Waals surface area contributed by atoms with Crippen LogP contribution in [0.3, 0.4) is 0 Å². The van der Waals surface area contributed by atoms with Crippen LogP contribution in [-0.4, -0.2) is 103 Å². The lowest BCUT2D eigenvalue weighted by molar-refractivity contribution is -0.870. The number of hydrogen-bond acceptors (Lipinski definition) is 10. The van der Waals surface area contributed by atoms with Gasteiger partial charge in [0, 0.05) is 31.1 Å². The first-order valence-corrected chi connectivity index (χ1v) is 23.7. The van der Waals surface area contributed by atoms with E-state index in [1.165, 1.54) is 25.7 Å². The molecule has 1 fully saturated rings. The smallest absolute Gasteiger partial charge is 0.462 e. The maximum Gasteiger partial charge on any atom is 0.472 e. The Morgan fingerprint density at radius 2 is 1.39 bits per heavy atom. The lowest BCUT2D eigenvalue weighted by Crippen LogP contribution is -2.37. The zero-order valence-corrected chi connectivity index (χ0v) is 37.2. The molecule has 0 amide bonds. The normalized spacial score (nSPS) is 19.6. The van der Waals surface area contributed by atoms with Gasteiger partial charge in [0.05, 0.1) is 40.0 Å². The number of rotatable bonds is 36. The van der Waals surface area contributed by atoms with Crippen LogP contribution < -0.4 is 0 Å². The molecule has 57 heavy (non-hydrogen) atoms. The Morgan fingerprint density at radius 1 is 0.807 bits per heavy atom. The molecule has 0 saturated heterocycles. The van der Waals surface area contributed by atoms with Crippen molar-refractivity contribution in [2.75, 3.05) is 47.5 Å². The monoisotopic (exact) mass is 831 g/mol. The van der Waals surface area contributed by atoms with Gasteiger partial charge in [0.15, 0.2) is 6.10 Å².